The van der Waals surface area contributed by atoms with Crippen LogP contribution in [0.5, 0.6) is 0 Å². The normalized spacial score (nSPS) is 18.5. The topological polar surface area (TPSA) is 51.6 Å². The van der Waals surface area contributed by atoms with Crippen LogP contribution in [0.25, 0.3) is 10.6 Å². The van der Waals surface area contributed by atoms with E-state index < -0.39 is 0 Å². The van der Waals surface area contributed by atoms with Gasteiger partial charge in [-0.1, -0.05) is 23.8 Å². The zero-order chi connectivity index (χ0) is 15.4. The van der Waals surface area contributed by atoms with E-state index in [9.17, 15) is 5.11 Å². The van der Waals surface area contributed by atoms with Gasteiger partial charge in [-0.05, 0) is 32.3 Å². The van der Waals surface area contributed by atoms with Gasteiger partial charge in [0.25, 0.3) is 0 Å². The third kappa shape index (κ3) is 3.73. The van der Waals surface area contributed by atoms with E-state index in [1.807, 2.05) is 12.1 Å². The minimum Gasteiger partial charge on any atom is -0.391 e. The second-order valence-corrected chi connectivity index (χ2v) is 6.61. The average molecular weight is 319 g/mol. The van der Waals surface area contributed by atoms with Gasteiger partial charge in [0.05, 0.1) is 23.8 Å². The van der Waals surface area contributed by atoms with Crippen LogP contribution in [0, 0.1) is 6.92 Å². The lowest BCUT2D eigenvalue weighted by Gasteiger charge is -2.22. The quantitative estimate of drug-likeness (QED) is 0.914. The molecule has 1 aliphatic heterocycles. The van der Waals surface area contributed by atoms with Crippen molar-refractivity contribution in [3.63, 3.8) is 0 Å². The molecule has 1 N–H and O–H groups in total. The summed E-state index contributed by atoms with van der Waals surface area (Å²) in [6, 6.07) is 8.24. The van der Waals surface area contributed by atoms with Gasteiger partial charge in [-0.15, -0.1) is 11.3 Å². The molecule has 0 spiro atoms. The summed E-state index contributed by atoms with van der Waals surface area (Å²) in [5, 5.41) is 10.5. The number of aliphatic hydroxyl groups excluding tert-OH is 1. The number of benzene rings is 1. The standard InChI is InChI=1S/C17H21NO3S/c1-12-5-4-6-13(9-12)17-18-14(15(10-19)22-17)11-21-16-7-2-3-8-20-16/h4-6,9,16,19H,2-3,7-8,10-11H2,1H3. The summed E-state index contributed by atoms with van der Waals surface area (Å²) in [4.78, 5) is 5.52. The van der Waals surface area contributed by atoms with Gasteiger partial charge in [0.15, 0.2) is 6.29 Å². The fourth-order valence-electron chi connectivity index (χ4n) is 2.54. The smallest absolute Gasteiger partial charge is 0.158 e. The summed E-state index contributed by atoms with van der Waals surface area (Å²) in [5.41, 5.74) is 3.10. The Bertz CT molecular complexity index is 620. The Labute approximate surface area is 134 Å². The Kier molecular flexibility index (Phi) is 5.20. The monoisotopic (exact) mass is 319 g/mol. The molecule has 1 atom stereocenters. The lowest BCUT2D eigenvalue weighted by Crippen LogP contribution is -2.22. The molecule has 2 aromatic rings. The molecule has 0 saturated carbocycles. The van der Waals surface area contributed by atoms with E-state index in [-0.39, 0.29) is 12.9 Å². The highest BCUT2D eigenvalue weighted by molar-refractivity contribution is 7.15. The molecule has 1 saturated heterocycles. The van der Waals surface area contributed by atoms with Gasteiger partial charge < -0.3 is 14.6 Å². The third-order valence-electron chi connectivity index (χ3n) is 3.73. The highest BCUT2D eigenvalue weighted by atomic mass is 32.1. The van der Waals surface area contributed by atoms with Crippen LogP contribution in [-0.4, -0.2) is 23.0 Å². The summed E-state index contributed by atoms with van der Waals surface area (Å²) in [6.45, 7) is 3.22. The number of aryl methyl sites for hydroxylation is 1. The minimum absolute atomic E-state index is 0.00625. The summed E-state index contributed by atoms with van der Waals surface area (Å²) in [7, 11) is 0. The van der Waals surface area contributed by atoms with Crippen LogP contribution >= 0.6 is 11.3 Å². The number of hydrogen-bond acceptors (Lipinski definition) is 5. The summed E-state index contributed by atoms with van der Waals surface area (Å²) >= 11 is 1.53. The average Bonchev–Trinajstić information content (AvgIpc) is 2.97. The third-order valence-corrected chi connectivity index (χ3v) is 4.86. The van der Waals surface area contributed by atoms with Gasteiger partial charge in [0.2, 0.25) is 0 Å². The van der Waals surface area contributed by atoms with E-state index in [4.69, 9.17) is 9.47 Å². The Morgan fingerprint density at radius 2 is 2.32 bits per heavy atom. The largest absolute Gasteiger partial charge is 0.391 e. The molecule has 0 radical (unpaired) electrons. The first-order valence-electron chi connectivity index (χ1n) is 7.66. The molecule has 118 valence electrons. The van der Waals surface area contributed by atoms with Crippen molar-refractivity contribution >= 4 is 11.3 Å². The van der Waals surface area contributed by atoms with Crippen molar-refractivity contribution in [3.05, 3.63) is 40.4 Å². The maximum Gasteiger partial charge on any atom is 0.158 e. The second-order valence-electron chi connectivity index (χ2n) is 5.52. The van der Waals surface area contributed by atoms with E-state index >= 15 is 0 Å². The van der Waals surface area contributed by atoms with E-state index in [0.717, 1.165) is 47.0 Å². The van der Waals surface area contributed by atoms with Crippen molar-refractivity contribution in [2.75, 3.05) is 6.61 Å². The SMILES string of the molecule is Cc1cccc(-c2nc(COC3CCCCO3)c(CO)s2)c1. The van der Waals surface area contributed by atoms with Gasteiger partial charge in [0, 0.05) is 12.2 Å². The van der Waals surface area contributed by atoms with E-state index in [0.29, 0.717) is 6.61 Å². The van der Waals surface area contributed by atoms with Crippen molar-refractivity contribution < 1.29 is 14.6 Å². The van der Waals surface area contributed by atoms with Crippen LogP contribution in [0.3, 0.4) is 0 Å². The van der Waals surface area contributed by atoms with Crippen molar-refractivity contribution in [2.45, 2.75) is 45.7 Å². The molecular formula is C17H21NO3S. The molecular weight excluding hydrogens is 298 g/mol. The number of hydrogen-bond donors (Lipinski definition) is 1. The molecule has 3 rings (SSSR count). The first-order valence-corrected chi connectivity index (χ1v) is 8.47. The van der Waals surface area contributed by atoms with E-state index in [1.165, 1.54) is 16.9 Å². The van der Waals surface area contributed by atoms with Gasteiger partial charge in [0.1, 0.15) is 5.01 Å². The Balaban J connectivity index is 1.73. The van der Waals surface area contributed by atoms with Crippen molar-refractivity contribution in [1.82, 2.24) is 4.98 Å². The summed E-state index contributed by atoms with van der Waals surface area (Å²) < 4.78 is 11.4. The summed E-state index contributed by atoms with van der Waals surface area (Å²) in [6.07, 6.45) is 3.05. The highest BCUT2D eigenvalue weighted by Crippen LogP contribution is 2.29. The Morgan fingerprint density at radius 3 is 3.05 bits per heavy atom. The van der Waals surface area contributed by atoms with Crippen molar-refractivity contribution in [3.8, 4) is 10.6 Å². The number of aliphatic hydroxyl groups is 1. The number of nitrogens with zero attached hydrogens (tertiary/aromatic N) is 1. The Morgan fingerprint density at radius 1 is 1.41 bits per heavy atom. The highest BCUT2D eigenvalue weighted by Gasteiger charge is 2.17. The molecule has 1 aromatic heterocycles. The van der Waals surface area contributed by atoms with Gasteiger partial charge >= 0.3 is 0 Å². The van der Waals surface area contributed by atoms with Crippen LogP contribution in [-0.2, 0) is 22.7 Å². The van der Waals surface area contributed by atoms with Gasteiger partial charge in [-0.2, -0.15) is 0 Å². The predicted molar refractivity (Wildman–Crippen MR) is 86.6 cm³/mol. The number of aromatic nitrogens is 1. The fourth-order valence-corrected chi connectivity index (χ4v) is 3.46. The molecule has 22 heavy (non-hydrogen) atoms. The first kappa shape index (κ1) is 15.6. The molecule has 0 amide bonds. The minimum atomic E-state index is -0.135. The second kappa shape index (κ2) is 7.33. The number of thiazole rings is 1. The predicted octanol–water partition coefficient (Wildman–Crippen LogP) is 3.65. The molecule has 4 nitrogen and oxygen atoms in total. The molecule has 1 unspecified atom stereocenters. The van der Waals surface area contributed by atoms with E-state index in [1.54, 1.807) is 0 Å². The molecule has 0 bridgehead atoms. The van der Waals surface area contributed by atoms with E-state index in [2.05, 4.69) is 24.0 Å². The first-order chi connectivity index (χ1) is 10.8. The molecule has 1 fully saturated rings. The maximum absolute atomic E-state index is 9.55. The number of rotatable bonds is 5. The Hall–Kier alpha value is -1.27. The summed E-state index contributed by atoms with van der Waals surface area (Å²) in [5.74, 6) is 0. The van der Waals surface area contributed by atoms with Crippen molar-refractivity contribution in [1.29, 1.82) is 0 Å². The molecule has 1 aromatic carbocycles. The van der Waals surface area contributed by atoms with Crippen LogP contribution < -0.4 is 0 Å². The molecule has 1 aliphatic rings. The van der Waals surface area contributed by atoms with Crippen LogP contribution in [0.4, 0.5) is 0 Å². The molecule has 0 aliphatic carbocycles. The lowest BCUT2D eigenvalue weighted by molar-refractivity contribution is -0.169. The maximum atomic E-state index is 9.55. The van der Waals surface area contributed by atoms with Crippen LogP contribution in [0.1, 0.15) is 35.4 Å². The zero-order valence-corrected chi connectivity index (χ0v) is 13.6. The molecule has 2 heterocycles. The fraction of sp³-hybridized carbons (Fsp3) is 0.471. The van der Waals surface area contributed by atoms with Crippen molar-refractivity contribution in [2.24, 2.45) is 0 Å². The van der Waals surface area contributed by atoms with Crippen LogP contribution in [0.15, 0.2) is 24.3 Å². The lowest BCUT2D eigenvalue weighted by atomic mass is 10.1. The van der Waals surface area contributed by atoms with Gasteiger partial charge in [-0.3, -0.25) is 0 Å². The van der Waals surface area contributed by atoms with Crippen LogP contribution in [0.2, 0.25) is 0 Å². The van der Waals surface area contributed by atoms with Gasteiger partial charge in [-0.25, -0.2) is 4.98 Å². The molecule has 5 heteroatoms. The zero-order valence-electron chi connectivity index (χ0n) is 12.7. The number of ether oxygens (including phenoxy) is 2.